The lowest BCUT2D eigenvalue weighted by Crippen LogP contribution is -2.08. The fourth-order valence-electron chi connectivity index (χ4n) is 2.39. The van der Waals surface area contributed by atoms with Crippen LogP contribution in [0.4, 0.5) is 5.82 Å². The van der Waals surface area contributed by atoms with Crippen molar-refractivity contribution >= 4 is 21.7 Å². The monoisotopic (exact) mass is 385 g/mol. The van der Waals surface area contributed by atoms with E-state index in [2.05, 4.69) is 47.7 Å². The molecule has 0 amide bonds. The average Bonchev–Trinajstić information content (AvgIpc) is 3.12. The molecule has 0 aliphatic rings. The maximum Gasteiger partial charge on any atom is 0.161 e. The van der Waals surface area contributed by atoms with Crippen molar-refractivity contribution in [3.8, 4) is 11.4 Å². The Kier molecular flexibility index (Phi) is 5.59. The number of anilines is 1. The first-order valence-corrected chi connectivity index (χ1v) is 8.87. The van der Waals surface area contributed by atoms with Gasteiger partial charge in [0, 0.05) is 47.3 Å². The quantitative estimate of drug-likeness (QED) is 0.620. The van der Waals surface area contributed by atoms with Gasteiger partial charge in [0.15, 0.2) is 5.82 Å². The number of imidazole rings is 1. The van der Waals surface area contributed by atoms with Gasteiger partial charge in [-0.15, -0.1) is 0 Å². The molecule has 0 saturated heterocycles. The molecule has 0 saturated carbocycles. The van der Waals surface area contributed by atoms with Crippen LogP contribution in [0, 0.1) is 0 Å². The molecule has 5 nitrogen and oxygen atoms in total. The molecule has 1 aromatic carbocycles. The Hall–Kier alpha value is -2.21. The van der Waals surface area contributed by atoms with Crippen LogP contribution < -0.4 is 5.32 Å². The molecule has 1 N–H and O–H groups in total. The van der Waals surface area contributed by atoms with Crippen molar-refractivity contribution in [3.05, 3.63) is 59.2 Å². The third kappa shape index (κ3) is 4.41. The van der Waals surface area contributed by atoms with Gasteiger partial charge in [-0.25, -0.2) is 15.0 Å². The van der Waals surface area contributed by atoms with Gasteiger partial charge in [-0.1, -0.05) is 35.0 Å². The summed E-state index contributed by atoms with van der Waals surface area (Å²) in [5.74, 6) is 1.64. The highest BCUT2D eigenvalue weighted by Crippen LogP contribution is 2.20. The van der Waals surface area contributed by atoms with E-state index in [1.807, 2.05) is 42.9 Å². The zero-order valence-corrected chi connectivity index (χ0v) is 15.2. The Morgan fingerprint density at radius 3 is 2.71 bits per heavy atom. The second-order valence-corrected chi connectivity index (χ2v) is 6.43. The first kappa shape index (κ1) is 16.6. The molecule has 24 heavy (non-hydrogen) atoms. The van der Waals surface area contributed by atoms with E-state index in [1.54, 1.807) is 6.20 Å². The van der Waals surface area contributed by atoms with Crippen LogP contribution in [0.15, 0.2) is 53.5 Å². The Balaban J connectivity index is 1.68. The van der Waals surface area contributed by atoms with Crippen LogP contribution >= 0.6 is 15.9 Å². The SMILES string of the molecule is CCc1cc(NCCCn2ccnc2)nc(-c2ccc(Br)cc2)n1. The molecule has 0 radical (unpaired) electrons. The van der Waals surface area contributed by atoms with Gasteiger partial charge in [0.1, 0.15) is 5.82 Å². The van der Waals surface area contributed by atoms with Crippen molar-refractivity contribution < 1.29 is 0 Å². The summed E-state index contributed by atoms with van der Waals surface area (Å²) in [5, 5.41) is 3.41. The van der Waals surface area contributed by atoms with Crippen molar-refractivity contribution in [2.45, 2.75) is 26.3 Å². The smallest absolute Gasteiger partial charge is 0.161 e. The summed E-state index contributed by atoms with van der Waals surface area (Å²) < 4.78 is 3.13. The van der Waals surface area contributed by atoms with E-state index < -0.39 is 0 Å². The standard InChI is InChI=1S/C18H20BrN5/c1-2-16-12-17(21-8-3-10-24-11-9-20-13-24)23-18(22-16)14-4-6-15(19)7-5-14/h4-7,9,11-13H,2-3,8,10H2,1H3,(H,21,22,23). The highest BCUT2D eigenvalue weighted by atomic mass is 79.9. The van der Waals surface area contributed by atoms with Crippen LogP contribution in [0.5, 0.6) is 0 Å². The first-order valence-electron chi connectivity index (χ1n) is 8.08. The number of hydrogen-bond donors (Lipinski definition) is 1. The number of hydrogen-bond acceptors (Lipinski definition) is 4. The molecule has 0 spiro atoms. The molecular formula is C18H20BrN5. The highest BCUT2D eigenvalue weighted by Gasteiger charge is 2.06. The number of aryl methyl sites for hydroxylation is 2. The van der Waals surface area contributed by atoms with Crippen molar-refractivity contribution in [3.63, 3.8) is 0 Å². The van der Waals surface area contributed by atoms with Crippen LogP contribution in [0.3, 0.4) is 0 Å². The summed E-state index contributed by atoms with van der Waals surface area (Å²) in [5.41, 5.74) is 2.06. The minimum atomic E-state index is 0.763. The predicted octanol–water partition coefficient (Wildman–Crippen LogP) is 4.17. The molecule has 3 aromatic rings. The van der Waals surface area contributed by atoms with Crippen molar-refractivity contribution in [2.75, 3.05) is 11.9 Å². The second kappa shape index (κ2) is 8.06. The number of nitrogens with one attached hydrogen (secondary N) is 1. The van der Waals surface area contributed by atoms with E-state index in [0.717, 1.165) is 53.3 Å². The number of aromatic nitrogens is 4. The predicted molar refractivity (Wildman–Crippen MR) is 99.9 cm³/mol. The Labute approximate surface area is 150 Å². The highest BCUT2D eigenvalue weighted by molar-refractivity contribution is 9.10. The third-order valence-corrected chi connectivity index (χ3v) is 4.23. The zero-order chi connectivity index (χ0) is 16.8. The van der Waals surface area contributed by atoms with Gasteiger partial charge in [-0.3, -0.25) is 0 Å². The van der Waals surface area contributed by atoms with Crippen LogP contribution in [0.25, 0.3) is 11.4 Å². The van der Waals surface area contributed by atoms with Crippen LogP contribution in [-0.4, -0.2) is 26.1 Å². The molecule has 3 rings (SSSR count). The van der Waals surface area contributed by atoms with Gasteiger partial charge < -0.3 is 9.88 Å². The number of rotatable bonds is 7. The Morgan fingerprint density at radius 2 is 2.00 bits per heavy atom. The summed E-state index contributed by atoms with van der Waals surface area (Å²) in [6.07, 6.45) is 7.51. The van der Waals surface area contributed by atoms with Gasteiger partial charge in [0.05, 0.1) is 6.33 Å². The second-order valence-electron chi connectivity index (χ2n) is 5.51. The Bertz CT molecular complexity index is 769. The van der Waals surface area contributed by atoms with E-state index in [0.29, 0.717) is 0 Å². The zero-order valence-electron chi connectivity index (χ0n) is 13.6. The summed E-state index contributed by atoms with van der Waals surface area (Å²) >= 11 is 3.46. The minimum Gasteiger partial charge on any atom is -0.370 e. The average molecular weight is 386 g/mol. The van der Waals surface area contributed by atoms with Gasteiger partial charge in [-0.2, -0.15) is 0 Å². The maximum atomic E-state index is 4.66. The number of nitrogens with zero attached hydrogens (tertiary/aromatic N) is 4. The molecule has 6 heteroatoms. The number of halogens is 1. The molecule has 0 bridgehead atoms. The fourth-order valence-corrected chi connectivity index (χ4v) is 2.66. The van der Waals surface area contributed by atoms with Crippen molar-refractivity contribution in [1.82, 2.24) is 19.5 Å². The van der Waals surface area contributed by atoms with Crippen LogP contribution in [0.2, 0.25) is 0 Å². The lowest BCUT2D eigenvalue weighted by Gasteiger charge is -2.10. The first-order chi connectivity index (χ1) is 11.7. The van der Waals surface area contributed by atoms with E-state index in [4.69, 9.17) is 0 Å². The lowest BCUT2D eigenvalue weighted by atomic mass is 10.2. The Morgan fingerprint density at radius 1 is 1.17 bits per heavy atom. The van der Waals surface area contributed by atoms with Gasteiger partial charge in [0.25, 0.3) is 0 Å². The van der Waals surface area contributed by atoms with E-state index >= 15 is 0 Å². The molecule has 0 atom stereocenters. The summed E-state index contributed by atoms with van der Waals surface area (Å²) in [6, 6.07) is 10.1. The summed E-state index contributed by atoms with van der Waals surface area (Å²) in [4.78, 5) is 13.4. The third-order valence-electron chi connectivity index (χ3n) is 3.70. The van der Waals surface area contributed by atoms with Crippen molar-refractivity contribution in [2.24, 2.45) is 0 Å². The summed E-state index contributed by atoms with van der Waals surface area (Å²) in [7, 11) is 0. The van der Waals surface area contributed by atoms with Gasteiger partial charge >= 0.3 is 0 Å². The molecule has 2 aromatic heterocycles. The van der Waals surface area contributed by atoms with E-state index in [1.165, 1.54) is 0 Å². The number of benzene rings is 1. The molecule has 0 aliphatic heterocycles. The molecule has 0 fully saturated rings. The normalized spacial score (nSPS) is 10.8. The van der Waals surface area contributed by atoms with Crippen LogP contribution in [0.1, 0.15) is 19.0 Å². The van der Waals surface area contributed by atoms with E-state index in [-0.39, 0.29) is 0 Å². The molecule has 124 valence electrons. The summed E-state index contributed by atoms with van der Waals surface area (Å²) in [6.45, 7) is 3.91. The molecule has 0 unspecified atom stereocenters. The fraction of sp³-hybridized carbons (Fsp3) is 0.278. The lowest BCUT2D eigenvalue weighted by molar-refractivity contribution is 0.660. The molecule has 0 aliphatic carbocycles. The molecular weight excluding hydrogens is 366 g/mol. The molecule has 2 heterocycles. The minimum absolute atomic E-state index is 0.763. The largest absolute Gasteiger partial charge is 0.370 e. The van der Waals surface area contributed by atoms with Gasteiger partial charge in [0.2, 0.25) is 0 Å². The van der Waals surface area contributed by atoms with Crippen molar-refractivity contribution in [1.29, 1.82) is 0 Å². The van der Waals surface area contributed by atoms with Gasteiger partial charge in [-0.05, 0) is 25.0 Å². The van der Waals surface area contributed by atoms with Crippen LogP contribution in [-0.2, 0) is 13.0 Å². The maximum absolute atomic E-state index is 4.66. The topological polar surface area (TPSA) is 55.6 Å². The van der Waals surface area contributed by atoms with E-state index in [9.17, 15) is 0 Å².